The van der Waals surface area contributed by atoms with Crippen LogP contribution in [0.25, 0.3) is 0 Å². The number of carbonyl (C=O) groups excluding carboxylic acids is 2. The Bertz CT molecular complexity index is 548. The van der Waals surface area contributed by atoms with Gasteiger partial charge in [0.05, 0.1) is 0 Å². The van der Waals surface area contributed by atoms with E-state index >= 15 is 0 Å². The van der Waals surface area contributed by atoms with Crippen LogP contribution in [0.3, 0.4) is 0 Å². The summed E-state index contributed by atoms with van der Waals surface area (Å²) in [5, 5.41) is 3.00. The van der Waals surface area contributed by atoms with Crippen LogP contribution in [-0.4, -0.2) is 17.6 Å². The van der Waals surface area contributed by atoms with Gasteiger partial charge in [0.1, 0.15) is 10.7 Å². The second-order valence-electron chi connectivity index (χ2n) is 4.35. The van der Waals surface area contributed by atoms with Gasteiger partial charge in [0, 0.05) is 17.2 Å². The van der Waals surface area contributed by atoms with Gasteiger partial charge >= 0.3 is 0 Å². The SMILES string of the molecule is CC[C@@H](C)NC1=C(Cl)C(=O)c2ccccc2C1=O. The summed E-state index contributed by atoms with van der Waals surface area (Å²) in [7, 11) is 0. The average Bonchev–Trinajstić information content (AvgIpc) is 2.40. The van der Waals surface area contributed by atoms with Crippen molar-refractivity contribution in [2.45, 2.75) is 26.3 Å². The Morgan fingerprint density at radius 1 is 1.17 bits per heavy atom. The highest BCUT2D eigenvalue weighted by Gasteiger charge is 2.31. The highest BCUT2D eigenvalue weighted by Crippen LogP contribution is 2.27. The molecule has 2 rings (SSSR count). The maximum Gasteiger partial charge on any atom is 0.211 e. The molecule has 3 nitrogen and oxygen atoms in total. The van der Waals surface area contributed by atoms with E-state index in [1.54, 1.807) is 24.3 Å². The molecule has 1 aromatic rings. The number of rotatable bonds is 3. The van der Waals surface area contributed by atoms with Crippen LogP contribution in [0.5, 0.6) is 0 Å². The molecule has 4 heteroatoms. The molecule has 0 aromatic heterocycles. The first-order valence-electron chi connectivity index (χ1n) is 5.91. The Labute approximate surface area is 111 Å². The maximum absolute atomic E-state index is 12.3. The molecular weight excluding hydrogens is 250 g/mol. The number of hydrogen-bond acceptors (Lipinski definition) is 3. The molecular formula is C14H14ClNO2. The number of hydrogen-bond donors (Lipinski definition) is 1. The van der Waals surface area contributed by atoms with Crippen molar-refractivity contribution < 1.29 is 9.59 Å². The fraction of sp³-hybridized carbons (Fsp3) is 0.286. The third-order valence-electron chi connectivity index (χ3n) is 3.07. The normalized spacial score (nSPS) is 16.6. The van der Waals surface area contributed by atoms with Crippen molar-refractivity contribution in [3.05, 3.63) is 46.1 Å². The van der Waals surface area contributed by atoms with Gasteiger partial charge < -0.3 is 5.32 Å². The van der Waals surface area contributed by atoms with Gasteiger partial charge in [-0.25, -0.2) is 0 Å². The maximum atomic E-state index is 12.3. The van der Waals surface area contributed by atoms with Crippen LogP contribution in [0.4, 0.5) is 0 Å². The van der Waals surface area contributed by atoms with E-state index in [2.05, 4.69) is 5.32 Å². The Kier molecular flexibility index (Phi) is 3.53. The first-order valence-corrected chi connectivity index (χ1v) is 6.28. The fourth-order valence-corrected chi connectivity index (χ4v) is 2.06. The minimum Gasteiger partial charge on any atom is -0.378 e. The summed E-state index contributed by atoms with van der Waals surface area (Å²) in [6.07, 6.45) is 0.844. The molecule has 0 aliphatic heterocycles. The third kappa shape index (κ3) is 2.06. The molecule has 1 atom stereocenters. The zero-order chi connectivity index (χ0) is 13.3. The molecule has 1 aromatic carbocycles. The summed E-state index contributed by atoms with van der Waals surface area (Å²) in [5.41, 5.74) is 1.01. The molecule has 0 unspecified atom stereocenters. The predicted molar refractivity (Wildman–Crippen MR) is 70.9 cm³/mol. The third-order valence-corrected chi connectivity index (χ3v) is 3.43. The summed E-state index contributed by atoms with van der Waals surface area (Å²) in [4.78, 5) is 24.3. The lowest BCUT2D eigenvalue weighted by Gasteiger charge is -2.21. The first kappa shape index (κ1) is 12.8. The molecule has 18 heavy (non-hydrogen) atoms. The van der Waals surface area contributed by atoms with E-state index in [0.717, 1.165) is 6.42 Å². The van der Waals surface area contributed by atoms with E-state index in [1.807, 2.05) is 13.8 Å². The first-order chi connectivity index (χ1) is 8.56. The number of carbonyl (C=O) groups is 2. The Hall–Kier alpha value is -1.61. The van der Waals surface area contributed by atoms with E-state index in [-0.39, 0.29) is 28.3 Å². The summed E-state index contributed by atoms with van der Waals surface area (Å²) in [6, 6.07) is 6.83. The zero-order valence-corrected chi connectivity index (χ0v) is 11.0. The molecule has 0 radical (unpaired) electrons. The van der Waals surface area contributed by atoms with Gasteiger partial charge in [0.15, 0.2) is 0 Å². The number of fused-ring (bicyclic) bond motifs is 1. The van der Waals surface area contributed by atoms with Crippen molar-refractivity contribution in [1.82, 2.24) is 5.32 Å². The summed E-state index contributed by atoms with van der Waals surface area (Å²) in [5.74, 6) is -0.506. The molecule has 0 spiro atoms. The molecule has 0 saturated heterocycles. The van der Waals surface area contributed by atoms with E-state index in [1.165, 1.54) is 0 Å². The fourth-order valence-electron chi connectivity index (χ4n) is 1.82. The van der Waals surface area contributed by atoms with Gasteiger partial charge in [-0.1, -0.05) is 42.8 Å². The number of allylic oxidation sites excluding steroid dienone is 2. The summed E-state index contributed by atoms with van der Waals surface area (Å²) in [6.45, 7) is 3.94. The van der Waals surface area contributed by atoms with Crippen LogP contribution >= 0.6 is 11.6 Å². The van der Waals surface area contributed by atoms with E-state index in [4.69, 9.17) is 11.6 Å². The van der Waals surface area contributed by atoms with E-state index < -0.39 is 0 Å². The molecule has 1 N–H and O–H groups in total. The smallest absolute Gasteiger partial charge is 0.211 e. The van der Waals surface area contributed by atoms with Crippen molar-refractivity contribution in [3.63, 3.8) is 0 Å². The lowest BCUT2D eigenvalue weighted by Crippen LogP contribution is -2.34. The zero-order valence-electron chi connectivity index (χ0n) is 10.3. The molecule has 0 saturated carbocycles. The number of benzene rings is 1. The Morgan fingerprint density at radius 3 is 2.28 bits per heavy atom. The van der Waals surface area contributed by atoms with Crippen molar-refractivity contribution >= 4 is 23.2 Å². The lowest BCUT2D eigenvalue weighted by molar-refractivity contribution is 0.0973. The molecule has 1 aliphatic rings. The van der Waals surface area contributed by atoms with Crippen LogP contribution in [0, 0.1) is 0 Å². The van der Waals surface area contributed by atoms with Gasteiger partial charge in [0.25, 0.3) is 0 Å². The number of Topliss-reactive ketones (excluding diaryl/α,β-unsaturated/α-hetero) is 2. The van der Waals surface area contributed by atoms with Crippen molar-refractivity contribution in [3.8, 4) is 0 Å². The van der Waals surface area contributed by atoms with Crippen LogP contribution in [0.1, 0.15) is 41.0 Å². The number of halogens is 1. The number of ketones is 2. The van der Waals surface area contributed by atoms with Gasteiger partial charge in [-0.2, -0.15) is 0 Å². The molecule has 0 bridgehead atoms. The van der Waals surface area contributed by atoms with Crippen molar-refractivity contribution in [2.75, 3.05) is 0 Å². The highest BCUT2D eigenvalue weighted by atomic mass is 35.5. The molecule has 0 amide bonds. The van der Waals surface area contributed by atoms with Crippen molar-refractivity contribution in [2.24, 2.45) is 0 Å². The second kappa shape index (κ2) is 4.94. The molecule has 1 aliphatic carbocycles. The van der Waals surface area contributed by atoms with E-state index in [9.17, 15) is 9.59 Å². The second-order valence-corrected chi connectivity index (χ2v) is 4.72. The Morgan fingerprint density at radius 2 is 1.72 bits per heavy atom. The predicted octanol–water partition coefficient (Wildman–Crippen LogP) is 2.90. The number of nitrogens with one attached hydrogen (secondary N) is 1. The topological polar surface area (TPSA) is 46.2 Å². The van der Waals surface area contributed by atoms with Crippen LogP contribution in [0.2, 0.25) is 0 Å². The lowest BCUT2D eigenvalue weighted by atomic mass is 9.92. The standard InChI is InChI=1S/C14H14ClNO2/c1-3-8(2)16-12-11(15)13(17)9-6-4-5-7-10(9)14(12)18/h4-8,16H,3H2,1-2H3/t8-/m1/s1. The van der Waals surface area contributed by atoms with Crippen molar-refractivity contribution in [1.29, 1.82) is 0 Å². The monoisotopic (exact) mass is 263 g/mol. The Balaban J connectivity index is 2.46. The minimum absolute atomic E-state index is 0.0148. The minimum atomic E-state index is -0.294. The van der Waals surface area contributed by atoms with Gasteiger partial charge in [-0.15, -0.1) is 0 Å². The van der Waals surface area contributed by atoms with Gasteiger partial charge in [-0.3, -0.25) is 9.59 Å². The highest BCUT2D eigenvalue weighted by molar-refractivity contribution is 6.49. The van der Waals surface area contributed by atoms with Crippen LogP contribution in [0.15, 0.2) is 35.0 Å². The van der Waals surface area contributed by atoms with Gasteiger partial charge in [0.2, 0.25) is 11.6 Å². The van der Waals surface area contributed by atoms with Crippen LogP contribution < -0.4 is 5.32 Å². The van der Waals surface area contributed by atoms with Crippen LogP contribution in [-0.2, 0) is 0 Å². The quantitative estimate of drug-likeness (QED) is 0.912. The summed E-state index contributed by atoms with van der Waals surface area (Å²) < 4.78 is 0. The summed E-state index contributed by atoms with van der Waals surface area (Å²) >= 11 is 6.00. The largest absolute Gasteiger partial charge is 0.378 e. The van der Waals surface area contributed by atoms with Gasteiger partial charge in [-0.05, 0) is 13.3 Å². The molecule has 0 fully saturated rings. The van der Waals surface area contributed by atoms with E-state index in [0.29, 0.717) is 11.1 Å². The molecule has 94 valence electrons. The average molecular weight is 264 g/mol. The molecule has 0 heterocycles.